The molecule has 0 aromatic rings. The van der Waals surface area contributed by atoms with Gasteiger partial charge in [-0.2, -0.15) is 5.53 Å². The highest BCUT2D eigenvalue weighted by Gasteiger charge is 2.10. The Hall–Kier alpha value is -1.73. The topological polar surface area (TPSA) is 102 Å². The van der Waals surface area contributed by atoms with E-state index in [2.05, 4.69) is 20.9 Å². The molecule has 0 radical (unpaired) electrons. The van der Waals surface area contributed by atoms with Crippen LogP contribution in [0, 0.1) is 0 Å². The summed E-state index contributed by atoms with van der Waals surface area (Å²) in [6, 6.07) is 0. The molecule has 2 N–H and O–H groups in total. The van der Waals surface area contributed by atoms with Crippen molar-refractivity contribution in [3.8, 4) is 0 Å². The third-order valence-corrected chi connectivity index (χ3v) is 0.535. The van der Waals surface area contributed by atoms with Crippen LogP contribution in [0.2, 0.25) is 0 Å². The number of carbonyl (C=O) groups is 1. The van der Waals surface area contributed by atoms with Crippen molar-refractivity contribution >= 4 is 6.09 Å². The average molecular weight is 130 g/mol. The number of nitrogens with one attached hydrogen (secondary N) is 1. The molecule has 9 heavy (non-hydrogen) atoms. The maximum absolute atomic E-state index is 9.96. The highest BCUT2D eigenvalue weighted by molar-refractivity contribution is 5.63. The van der Waals surface area contributed by atoms with Crippen LogP contribution in [0.5, 0.6) is 0 Å². The Morgan fingerprint density at radius 3 is 2.67 bits per heavy atom. The van der Waals surface area contributed by atoms with E-state index in [4.69, 9.17) is 5.11 Å². The Kier molecular flexibility index (Phi) is 1.22. The Bertz CT molecular complexity index is 172. The van der Waals surface area contributed by atoms with Crippen LogP contribution in [0.4, 0.5) is 4.79 Å². The van der Waals surface area contributed by atoms with Gasteiger partial charge < -0.3 is 5.11 Å². The van der Waals surface area contributed by atoms with Crippen molar-refractivity contribution in [1.29, 1.82) is 0 Å². The minimum Gasteiger partial charge on any atom is -0.462 e. The summed E-state index contributed by atoms with van der Waals surface area (Å²) >= 11 is 0. The molecule has 0 unspecified atom stereocenters. The smallest absolute Gasteiger partial charge is 0.450 e. The maximum atomic E-state index is 9.96. The summed E-state index contributed by atoms with van der Waals surface area (Å²) < 4.78 is 0. The molecule has 0 atom stereocenters. The van der Waals surface area contributed by atoms with E-state index in [9.17, 15) is 4.79 Å². The molecule has 0 bridgehead atoms. The van der Waals surface area contributed by atoms with Gasteiger partial charge in [-0.05, 0) is 20.9 Å². The zero-order valence-electron chi connectivity index (χ0n) is 4.09. The zero-order valence-corrected chi connectivity index (χ0v) is 4.09. The largest absolute Gasteiger partial charge is 0.462 e. The monoisotopic (exact) mass is 130 g/mol. The summed E-state index contributed by atoms with van der Waals surface area (Å²) in [5.41, 5.74) is 1.95. The summed E-state index contributed by atoms with van der Waals surface area (Å²) in [5.74, 6) is 0. The van der Waals surface area contributed by atoms with Crippen LogP contribution in [0.1, 0.15) is 0 Å². The van der Waals surface area contributed by atoms with Crippen LogP contribution in [0.15, 0.2) is 20.9 Å². The quantitative estimate of drug-likeness (QED) is 0.487. The molecule has 0 spiro atoms. The van der Waals surface area contributed by atoms with E-state index in [-0.39, 0.29) is 0 Å². The van der Waals surface area contributed by atoms with Crippen molar-refractivity contribution in [3.05, 3.63) is 0 Å². The zero-order chi connectivity index (χ0) is 6.69. The highest BCUT2D eigenvalue weighted by Crippen LogP contribution is 1.92. The standard InChI is InChI=1S/CH2N6O2/c8-1(9)7-5-3-2-4-6-7/h(H,8,9)(H,2,5,6). The molecule has 1 heterocycles. The predicted octanol–water partition coefficient (Wildman–Crippen LogP) is 0.134. The molecule has 1 rings (SSSR count). The normalized spacial score (nSPS) is 15.3. The minimum absolute atomic E-state index is 0.424. The van der Waals surface area contributed by atoms with Gasteiger partial charge in [0.2, 0.25) is 0 Å². The Morgan fingerprint density at radius 1 is 1.56 bits per heavy atom. The first-order valence-electron chi connectivity index (χ1n) is 1.90. The molecule has 0 saturated heterocycles. The molecule has 0 fully saturated rings. The van der Waals surface area contributed by atoms with Crippen LogP contribution in [-0.2, 0) is 0 Å². The van der Waals surface area contributed by atoms with E-state index in [0.29, 0.717) is 5.12 Å². The molecule has 8 heteroatoms. The third kappa shape index (κ3) is 1.08. The lowest BCUT2D eigenvalue weighted by molar-refractivity contribution is 0.108. The van der Waals surface area contributed by atoms with Crippen LogP contribution in [-0.4, -0.2) is 16.3 Å². The molecule has 48 valence electrons. The summed E-state index contributed by atoms with van der Waals surface area (Å²) in [7, 11) is 0. The van der Waals surface area contributed by atoms with E-state index in [0.717, 1.165) is 0 Å². The number of carboxylic acid groups (broad SMARTS) is 1. The molecule has 0 saturated carbocycles. The first kappa shape index (κ1) is 5.41. The van der Waals surface area contributed by atoms with Gasteiger partial charge in [0, 0.05) is 0 Å². The van der Waals surface area contributed by atoms with E-state index < -0.39 is 6.09 Å². The number of nitrogens with zero attached hydrogens (tertiary/aromatic N) is 5. The lowest BCUT2D eigenvalue weighted by atomic mass is 11.2. The van der Waals surface area contributed by atoms with Gasteiger partial charge in [-0.3, -0.25) is 0 Å². The Morgan fingerprint density at radius 2 is 2.33 bits per heavy atom. The molecular weight excluding hydrogens is 128 g/mol. The van der Waals surface area contributed by atoms with Crippen LogP contribution in [0.25, 0.3) is 0 Å². The van der Waals surface area contributed by atoms with Crippen LogP contribution < -0.4 is 5.53 Å². The lowest BCUT2D eigenvalue weighted by Gasteiger charge is -2.08. The lowest BCUT2D eigenvalue weighted by Crippen LogP contribution is -2.34. The fraction of sp³-hybridized carbons (Fsp3) is 0. The first-order valence-corrected chi connectivity index (χ1v) is 1.90. The summed E-state index contributed by atoms with van der Waals surface area (Å²) in [6.45, 7) is 0. The summed E-state index contributed by atoms with van der Waals surface area (Å²) in [4.78, 5) is 9.96. The van der Waals surface area contributed by atoms with Gasteiger partial charge in [0.1, 0.15) is 0 Å². The molecular formula is CH2N6O2. The highest BCUT2D eigenvalue weighted by atomic mass is 16.4. The molecule has 1 amide bonds. The van der Waals surface area contributed by atoms with Crippen molar-refractivity contribution in [2.75, 3.05) is 0 Å². The third-order valence-electron chi connectivity index (χ3n) is 0.535. The van der Waals surface area contributed by atoms with Gasteiger partial charge in [0.05, 0.1) is 0 Å². The fourth-order valence-electron chi connectivity index (χ4n) is 0.241. The molecule has 1 aliphatic heterocycles. The Balaban J connectivity index is 2.56. The molecule has 0 aromatic carbocycles. The van der Waals surface area contributed by atoms with Crippen LogP contribution in [0.3, 0.4) is 0 Å². The second kappa shape index (κ2) is 2.03. The van der Waals surface area contributed by atoms with E-state index in [1.165, 1.54) is 0 Å². The van der Waals surface area contributed by atoms with Crippen molar-refractivity contribution in [3.63, 3.8) is 0 Å². The van der Waals surface area contributed by atoms with Gasteiger partial charge in [0.25, 0.3) is 0 Å². The van der Waals surface area contributed by atoms with Crippen molar-refractivity contribution in [2.45, 2.75) is 0 Å². The van der Waals surface area contributed by atoms with E-state index in [1.807, 2.05) is 5.53 Å². The van der Waals surface area contributed by atoms with Gasteiger partial charge in [-0.1, -0.05) is 5.12 Å². The Labute approximate surface area is 48.8 Å². The number of hydrazine groups is 1. The van der Waals surface area contributed by atoms with Gasteiger partial charge in [0.15, 0.2) is 0 Å². The predicted molar refractivity (Wildman–Crippen MR) is 22.7 cm³/mol. The van der Waals surface area contributed by atoms with E-state index >= 15 is 0 Å². The van der Waals surface area contributed by atoms with Gasteiger partial charge in [-0.15, -0.1) is 0 Å². The SMILES string of the molecule is O=C(O)N1N=NN=NN1. The fourth-order valence-corrected chi connectivity index (χ4v) is 0.241. The van der Waals surface area contributed by atoms with Crippen molar-refractivity contribution in [1.82, 2.24) is 10.7 Å². The van der Waals surface area contributed by atoms with Gasteiger partial charge in [-0.25, -0.2) is 4.79 Å². The average Bonchev–Trinajstić information content (AvgIpc) is 1.90. The van der Waals surface area contributed by atoms with E-state index in [1.54, 1.807) is 0 Å². The summed E-state index contributed by atoms with van der Waals surface area (Å²) in [6.07, 6.45) is -1.29. The number of amides is 1. The van der Waals surface area contributed by atoms with Crippen molar-refractivity contribution < 1.29 is 9.90 Å². The van der Waals surface area contributed by atoms with Crippen LogP contribution >= 0.6 is 0 Å². The number of hydrogen-bond donors (Lipinski definition) is 2. The second-order valence-corrected chi connectivity index (χ2v) is 1.06. The first-order chi connectivity index (χ1) is 4.30. The molecule has 8 nitrogen and oxygen atoms in total. The maximum Gasteiger partial charge on any atom is 0.450 e. The molecule has 1 aliphatic rings. The van der Waals surface area contributed by atoms with Crippen molar-refractivity contribution in [2.24, 2.45) is 20.9 Å². The molecule has 0 aliphatic carbocycles. The second-order valence-electron chi connectivity index (χ2n) is 1.06. The summed E-state index contributed by atoms with van der Waals surface area (Å²) in [5, 5.41) is 20.5. The number of rotatable bonds is 0. The minimum atomic E-state index is -1.29. The molecule has 0 aromatic heterocycles. The number of hydrogen-bond acceptors (Lipinski definition) is 6. The van der Waals surface area contributed by atoms with Gasteiger partial charge >= 0.3 is 6.09 Å².